The first-order valence-corrected chi connectivity index (χ1v) is 7.71. The number of thiophene rings is 1. The lowest BCUT2D eigenvalue weighted by atomic mass is 10.1. The van der Waals surface area contributed by atoms with Crippen LogP contribution < -0.4 is 4.90 Å². The molecule has 0 amide bonds. The third kappa shape index (κ3) is 3.91. The number of rotatable bonds is 4. The molecule has 0 saturated heterocycles. The van der Waals surface area contributed by atoms with E-state index in [4.69, 9.17) is 0 Å². The van der Waals surface area contributed by atoms with Crippen molar-refractivity contribution in [3.8, 4) is 0 Å². The van der Waals surface area contributed by atoms with Gasteiger partial charge in [-0.25, -0.2) is 0 Å². The molecule has 0 radical (unpaired) electrons. The predicted molar refractivity (Wildman–Crippen MR) is 91.2 cm³/mol. The molecule has 2 nitrogen and oxygen atoms in total. The molecule has 2 rings (SSSR count). The van der Waals surface area contributed by atoms with Crippen LogP contribution >= 0.6 is 33.9 Å². The van der Waals surface area contributed by atoms with Gasteiger partial charge in [-0.1, -0.05) is 18.2 Å². The summed E-state index contributed by atoms with van der Waals surface area (Å²) >= 11 is 3.74. The second-order valence-electron chi connectivity index (χ2n) is 4.29. The quantitative estimate of drug-likeness (QED) is 0.447. The van der Waals surface area contributed by atoms with Crippen LogP contribution in [0, 0.1) is 2.88 Å². The Bertz CT molecular complexity index is 599. The number of hydrogen-bond acceptors (Lipinski definition) is 3. The van der Waals surface area contributed by atoms with Crippen LogP contribution in [0.4, 0.5) is 5.69 Å². The topological polar surface area (TPSA) is 20.3 Å². The van der Waals surface area contributed by atoms with Gasteiger partial charge in [-0.2, -0.15) is 0 Å². The van der Waals surface area contributed by atoms with Gasteiger partial charge in [0.15, 0.2) is 5.78 Å². The van der Waals surface area contributed by atoms with Crippen molar-refractivity contribution >= 4 is 51.5 Å². The zero-order valence-electron chi connectivity index (χ0n) is 10.8. The number of ketones is 1. The Balaban J connectivity index is 2.08. The van der Waals surface area contributed by atoms with Crippen molar-refractivity contribution < 1.29 is 4.79 Å². The van der Waals surface area contributed by atoms with E-state index in [0.29, 0.717) is 0 Å². The standard InChI is InChI=1S/C15H14INOS/c1-17(2)12-6-3-11(4-7-12)5-8-13(18)14-9-10-15(16)19-14/h3-10H,1-2H3/b8-5+/i16-2. The summed E-state index contributed by atoms with van der Waals surface area (Å²) in [5, 5.41) is 0. The summed E-state index contributed by atoms with van der Waals surface area (Å²) in [5.41, 5.74) is 2.18. The first kappa shape index (κ1) is 14.3. The second kappa shape index (κ2) is 6.34. The number of nitrogens with zero attached hydrogens (tertiary/aromatic N) is 1. The molecular weight excluding hydrogens is 367 g/mol. The van der Waals surface area contributed by atoms with Crippen LogP contribution in [0.5, 0.6) is 0 Å². The summed E-state index contributed by atoms with van der Waals surface area (Å²) in [4.78, 5) is 14.7. The Labute approximate surface area is 130 Å². The molecule has 1 aromatic heterocycles. The molecule has 0 aliphatic heterocycles. The van der Waals surface area contributed by atoms with Gasteiger partial charge in [0.05, 0.1) is 7.76 Å². The summed E-state index contributed by atoms with van der Waals surface area (Å²) in [6, 6.07) is 11.9. The smallest absolute Gasteiger partial charge is 0.195 e. The molecule has 0 aliphatic carbocycles. The normalized spacial score (nSPS) is 10.9. The van der Waals surface area contributed by atoms with Crippen molar-refractivity contribution in [2.45, 2.75) is 0 Å². The number of benzene rings is 1. The molecule has 0 aliphatic rings. The molecule has 1 aromatic carbocycles. The van der Waals surface area contributed by atoms with Crippen molar-refractivity contribution in [3.05, 3.63) is 55.8 Å². The number of hydrogen-bond donors (Lipinski definition) is 0. The van der Waals surface area contributed by atoms with E-state index in [1.165, 1.54) is 11.3 Å². The van der Waals surface area contributed by atoms with Crippen LogP contribution in [0.2, 0.25) is 0 Å². The van der Waals surface area contributed by atoms with Crippen LogP contribution in [0.25, 0.3) is 6.08 Å². The minimum absolute atomic E-state index is 0.0598. The van der Waals surface area contributed by atoms with Gasteiger partial charge in [0.1, 0.15) is 0 Å². The van der Waals surface area contributed by atoms with E-state index in [1.807, 2.05) is 61.5 Å². The molecule has 0 N–H and O–H groups in total. The van der Waals surface area contributed by atoms with Crippen molar-refractivity contribution in [1.82, 2.24) is 0 Å². The first-order valence-electron chi connectivity index (χ1n) is 5.81. The number of halogens is 1. The molecule has 0 spiro atoms. The SMILES string of the molecule is CN(C)c1ccc(/C=C/C(=O)c2ccc([125I])s2)cc1. The molecule has 0 saturated carbocycles. The van der Waals surface area contributed by atoms with Crippen LogP contribution in [-0.2, 0) is 0 Å². The van der Waals surface area contributed by atoms with Crippen LogP contribution in [0.15, 0.2) is 42.5 Å². The Morgan fingerprint density at radius 1 is 1.16 bits per heavy atom. The highest BCUT2D eigenvalue weighted by atomic mass is 125. The zero-order valence-corrected chi connectivity index (χ0v) is 13.7. The maximum absolute atomic E-state index is 11.9. The highest BCUT2D eigenvalue weighted by Crippen LogP contribution is 2.19. The number of anilines is 1. The second-order valence-corrected chi connectivity index (χ2v) is 7.27. The molecule has 98 valence electrons. The monoisotopic (exact) mass is 381 g/mol. The van der Waals surface area contributed by atoms with Crippen molar-refractivity contribution in [2.75, 3.05) is 19.0 Å². The van der Waals surface area contributed by atoms with Gasteiger partial charge >= 0.3 is 0 Å². The number of carbonyl (C=O) groups excluding carboxylic acids is 1. The Morgan fingerprint density at radius 3 is 2.37 bits per heavy atom. The average molecular weight is 381 g/mol. The lowest BCUT2D eigenvalue weighted by molar-refractivity contribution is 0.105. The van der Waals surface area contributed by atoms with Gasteiger partial charge in [0.25, 0.3) is 0 Å². The van der Waals surface area contributed by atoms with Crippen molar-refractivity contribution in [2.24, 2.45) is 0 Å². The molecule has 0 fully saturated rings. The maximum atomic E-state index is 11.9. The largest absolute Gasteiger partial charge is 0.378 e. The van der Waals surface area contributed by atoms with E-state index in [0.717, 1.165) is 19.0 Å². The highest BCUT2D eigenvalue weighted by Gasteiger charge is 2.04. The van der Waals surface area contributed by atoms with E-state index in [9.17, 15) is 4.79 Å². The summed E-state index contributed by atoms with van der Waals surface area (Å²) in [5.74, 6) is 0.0598. The van der Waals surface area contributed by atoms with Crippen LogP contribution in [-0.4, -0.2) is 19.9 Å². The maximum Gasteiger partial charge on any atom is 0.195 e. The Kier molecular flexibility index (Phi) is 4.76. The lowest BCUT2D eigenvalue weighted by Crippen LogP contribution is -2.07. The first-order chi connectivity index (χ1) is 9.06. The third-order valence-corrected chi connectivity index (χ3v) is 4.56. The fourth-order valence-electron chi connectivity index (χ4n) is 1.58. The summed E-state index contributed by atoms with van der Waals surface area (Å²) in [6.07, 6.45) is 3.49. The highest BCUT2D eigenvalue weighted by molar-refractivity contribution is 14.1. The molecule has 0 unspecified atom stereocenters. The molecule has 1 heterocycles. The summed E-state index contributed by atoms with van der Waals surface area (Å²) in [6.45, 7) is 0. The minimum Gasteiger partial charge on any atom is -0.378 e. The van der Waals surface area contributed by atoms with E-state index < -0.39 is 0 Å². The van der Waals surface area contributed by atoms with Crippen LogP contribution in [0.3, 0.4) is 0 Å². The number of allylic oxidation sites excluding steroid dienone is 1. The molecule has 0 atom stereocenters. The number of carbonyl (C=O) groups is 1. The Morgan fingerprint density at radius 2 is 1.84 bits per heavy atom. The van der Waals surface area contributed by atoms with Gasteiger partial charge in [-0.05, 0) is 58.5 Å². The van der Waals surface area contributed by atoms with Gasteiger partial charge in [-0.15, -0.1) is 11.3 Å². The molecule has 0 bridgehead atoms. The van der Waals surface area contributed by atoms with E-state index in [2.05, 4.69) is 22.6 Å². The van der Waals surface area contributed by atoms with Crippen molar-refractivity contribution in [3.63, 3.8) is 0 Å². The fourth-order valence-corrected chi connectivity index (χ4v) is 3.13. The van der Waals surface area contributed by atoms with Crippen LogP contribution in [0.1, 0.15) is 15.2 Å². The lowest BCUT2D eigenvalue weighted by Gasteiger charge is -2.11. The summed E-state index contributed by atoms with van der Waals surface area (Å²) in [7, 11) is 4.01. The fraction of sp³-hybridized carbons (Fsp3) is 0.133. The van der Waals surface area contributed by atoms with E-state index in [-0.39, 0.29) is 5.78 Å². The van der Waals surface area contributed by atoms with E-state index in [1.54, 1.807) is 6.08 Å². The minimum atomic E-state index is 0.0598. The average Bonchev–Trinajstić information content (AvgIpc) is 2.83. The Hall–Kier alpha value is -1.14. The van der Waals surface area contributed by atoms with Gasteiger partial charge in [0, 0.05) is 19.8 Å². The molecular formula is C15H14INOS. The van der Waals surface area contributed by atoms with E-state index >= 15 is 0 Å². The van der Waals surface area contributed by atoms with Gasteiger partial charge in [0.2, 0.25) is 0 Å². The van der Waals surface area contributed by atoms with Gasteiger partial charge in [-0.3, -0.25) is 4.79 Å². The predicted octanol–water partition coefficient (Wildman–Crippen LogP) is 4.31. The third-order valence-electron chi connectivity index (χ3n) is 2.65. The zero-order chi connectivity index (χ0) is 13.8. The van der Waals surface area contributed by atoms with Gasteiger partial charge < -0.3 is 4.90 Å². The summed E-state index contributed by atoms with van der Waals surface area (Å²) < 4.78 is 1.13. The molecule has 2 aromatic rings. The van der Waals surface area contributed by atoms with Crippen molar-refractivity contribution in [1.29, 1.82) is 0 Å². The molecule has 19 heavy (non-hydrogen) atoms. The molecule has 4 heteroatoms.